The minimum Gasteiger partial charge on any atom is -0.326 e. The maximum atomic E-state index is 12.1. The highest BCUT2D eigenvalue weighted by Gasteiger charge is 2.29. The number of anilines is 1. The van der Waals surface area contributed by atoms with Gasteiger partial charge in [0.15, 0.2) is 0 Å². The Labute approximate surface area is 160 Å². The molecule has 3 aromatic rings. The molecule has 0 atom stereocenters. The lowest BCUT2D eigenvalue weighted by Gasteiger charge is -2.06. The normalized spacial score (nSPS) is 15.8. The van der Waals surface area contributed by atoms with Crippen LogP contribution in [0.2, 0.25) is 0 Å². The van der Waals surface area contributed by atoms with Crippen LogP contribution in [-0.2, 0) is 14.8 Å². The molecule has 2 heterocycles. The van der Waals surface area contributed by atoms with Gasteiger partial charge < -0.3 is 5.32 Å². The summed E-state index contributed by atoms with van der Waals surface area (Å²) in [7, 11) is -3.57. The number of sulfonamides is 1. The first-order valence-electron chi connectivity index (χ1n) is 8.33. The van der Waals surface area contributed by atoms with Gasteiger partial charge in [0.25, 0.3) is 10.0 Å². The van der Waals surface area contributed by atoms with Crippen molar-refractivity contribution < 1.29 is 13.2 Å². The molecule has 0 radical (unpaired) electrons. The van der Waals surface area contributed by atoms with Crippen molar-refractivity contribution in [1.29, 1.82) is 0 Å². The molecule has 0 fully saturated rings. The first kappa shape index (κ1) is 17.8. The molecule has 142 valence electrons. The molecule has 10 nitrogen and oxygen atoms in total. The number of aromatic nitrogens is 4. The number of tetrazole rings is 1. The topological polar surface area (TPSA) is 131 Å². The molecule has 0 aliphatic carbocycles. The third kappa shape index (κ3) is 3.60. The number of aliphatic imine (C=N–C) groups is 1. The lowest BCUT2D eigenvalue weighted by Crippen LogP contribution is -2.23. The van der Waals surface area contributed by atoms with Gasteiger partial charge in [-0.2, -0.15) is 0 Å². The monoisotopic (exact) mass is 397 g/mol. The second kappa shape index (κ2) is 7.19. The summed E-state index contributed by atoms with van der Waals surface area (Å²) < 4.78 is 28.0. The van der Waals surface area contributed by atoms with Gasteiger partial charge in [-0.3, -0.25) is 14.5 Å². The summed E-state index contributed by atoms with van der Waals surface area (Å²) in [5.41, 5.74) is 1.91. The molecule has 0 saturated heterocycles. The fourth-order valence-electron chi connectivity index (χ4n) is 2.72. The van der Waals surface area contributed by atoms with Crippen LogP contribution < -0.4 is 10.0 Å². The van der Waals surface area contributed by atoms with Crippen LogP contribution in [0.3, 0.4) is 0 Å². The van der Waals surface area contributed by atoms with Crippen molar-refractivity contribution in [1.82, 2.24) is 24.9 Å². The maximum absolute atomic E-state index is 12.1. The third-order valence-corrected chi connectivity index (χ3v) is 5.43. The lowest BCUT2D eigenvalue weighted by atomic mass is 10.2. The second-order valence-electron chi connectivity index (χ2n) is 5.93. The van der Waals surface area contributed by atoms with E-state index in [0.717, 1.165) is 5.69 Å². The molecule has 28 heavy (non-hydrogen) atoms. The maximum Gasteiger partial charge on any atom is 0.263 e. The van der Waals surface area contributed by atoms with Gasteiger partial charge in [-0.25, -0.2) is 13.1 Å². The molecule has 1 amide bonds. The molecule has 1 aliphatic rings. The fraction of sp³-hybridized carbons (Fsp3) is 0.118. The number of fused-ring (bicyclic) bond motifs is 1. The Bertz CT molecular complexity index is 1140. The van der Waals surface area contributed by atoms with Crippen LogP contribution >= 0.6 is 0 Å². The molecule has 0 saturated carbocycles. The molecular formula is C17H15N7O3S. The number of amidine groups is 1. The zero-order valence-corrected chi connectivity index (χ0v) is 15.3. The molecule has 4 rings (SSSR count). The highest BCUT2D eigenvalue weighted by Crippen LogP contribution is 2.22. The molecule has 2 aromatic carbocycles. The van der Waals surface area contributed by atoms with Crippen LogP contribution in [-0.4, -0.2) is 46.9 Å². The Morgan fingerprint density at radius 2 is 1.93 bits per heavy atom. The largest absolute Gasteiger partial charge is 0.326 e. The van der Waals surface area contributed by atoms with Crippen molar-refractivity contribution >= 4 is 27.5 Å². The van der Waals surface area contributed by atoms with E-state index in [2.05, 4.69) is 30.6 Å². The van der Waals surface area contributed by atoms with Crippen molar-refractivity contribution in [2.75, 3.05) is 11.9 Å². The van der Waals surface area contributed by atoms with Gasteiger partial charge in [-0.1, -0.05) is 12.1 Å². The number of rotatable bonds is 5. The summed E-state index contributed by atoms with van der Waals surface area (Å²) in [6.07, 6.45) is 1.59. The van der Waals surface area contributed by atoms with Crippen molar-refractivity contribution in [2.24, 2.45) is 4.99 Å². The minimum absolute atomic E-state index is 0.113. The number of carbonyl (C=O) groups excluding carboxylic acids is 1. The van der Waals surface area contributed by atoms with Gasteiger partial charge in [0.2, 0.25) is 5.91 Å². The van der Waals surface area contributed by atoms with Crippen LogP contribution in [0.5, 0.6) is 0 Å². The van der Waals surface area contributed by atoms with Crippen LogP contribution in [0.25, 0.3) is 5.69 Å². The zero-order valence-electron chi connectivity index (χ0n) is 14.5. The number of nitrogens with zero attached hydrogens (tertiary/aromatic N) is 5. The van der Waals surface area contributed by atoms with E-state index in [4.69, 9.17) is 0 Å². The Morgan fingerprint density at radius 3 is 2.68 bits per heavy atom. The summed E-state index contributed by atoms with van der Waals surface area (Å²) in [4.78, 5) is 16.5. The Morgan fingerprint density at radius 1 is 1.14 bits per heavy atom. The Balaban J connectivity index is 1.36. The van der Waals surface area contributed by atoms with Crippen LogP contribution in [0, 0.1) is 0 Å². The predicted octanol–water partition coefficient (Wildman–Crippen LogP) is 0.730. The van der Waals surface area contributed by atoms with Gasteiger partial charge in [0, 0.05) is 17.7 Å². The third-order valence-electron chi connectivity index (χ3n) is 4.04. The van der Waals surface area contributed by atoms with E-state index < -0.39 is 10.0 Å². The smallest absolute Gasteiger partial charge is 0.263 e. The lowest BCUT2D eigenvalue weighted by molar-refractivity contribution is -0.116. The SMILES string of the molecule is O=C(CCN=C1NS(=O)(=O)c2ccccc21)Nc1ccc(-n2cnnn2)cc1. The van der Waals surface area contributed by atoms with Crippen molar-refractivity contribution in [3.8, 4) is 5.69 Å². The van der Waals surface area contributed by atoms with E-state index >= 15 is 0 Å². The number of amides is 1. The van der Waals surface area contributed by atoms with E-state index in [1.54, 1.807) is 42.5 Å². The summed E-state index contributed by atoms with van der Waals surface area (Å²) in [5.74, 6) is 0.0304. The van der Waals surface area contributed by atoms with Gasteiger partial charge in [0.05, 0.1) is 17.1 Å². The number of hydrogen-bond acceptors (Lipinski definition) is 7. The second-order valence-corrected chi connectivity index (χ2v) is 7.58. The molecule has 1 aromatic heterocycles. The molecule has 0 bridgehead atoms. The summed E-state index contributed by atoms with van der Waals surface area (Å²) in [6.45, 7) is 0.154. The number of hydrogen-bond donors (Lipinski definition) is 2. The molecule has 0 unspecified atom stereocenters. The van der Waals surface area contributed by atoms with Crippen molar-refractivity contribution in [2.45, 2.75) is 11.3 Å². The molecule has 0 spiro atoms. The first-order chi connectivity index (χ1) is 13.5. The summed E-state index contributed by atoms with van der Waals surface area (Å²) in [5, 5.41) is 13.7. The molecular weight excluding hydrogens is 382 g/mol. The molecule has 2 N–H and O–H groups in total. The highest BCUT2D eigenvalue weighted by molar-refractivity contribution is 7.90. The van der Waals surface area contributed by atoms with Crippen molar-refractivity contribution in [3.05, 3.63) is 60.4 Å². The average Bonchev–Trinajstić information content (AvgIpc) is 3.30. The quantitative estimate of drug-likeness (QED) is 0.652. The highest BCUT2D eigenvalue weighted by atomic mass is 32.2. The van der Waals surface area contributed by atoms with E-state index in [0.29, 0.717) is 11.3 Å². The standard InChI is InChI=1S/C17H15N7O3S/c25-16(20-12-5-7-13(8-6-12)24-11-19-22-23-24)9-10-18-17-14-3-1-2-4-15(14)28(26,27)21-17/h1-8,11H,9-10H2,(H,18,21)(H,20,25). The van der Waals surface area contributed by atoms with E-state index in [-0.39, 0.29) is 29.6 Å². The number of nitrogens with one attached hydrogen (secondary N) is 2. The van der Waals surface area contributed by atoms with Crippen LogP contribution in [0.1, 0.15) is 12.0 Å². The summed E-state index contributed by atoms with van der Waals surface area (Å²) >= 11 is 0. The van der Waals surface area contributed by atoms with Gasteiger partial charge in [-0.15, -0.1) is 5.10 Å². The van der Waals surface area contributed by atoms with Gasteiger partial charge >= 0.3 is 0 Å². The minimum atomic E-state index is -3.57. The van der Waals surface area contributed by atoms with Crippen molar-refractivity contribution in [3.63, 3.8) is 0 Å². The molecule has 11 heteroatoms. The fourth-order valence-corrected chi connectivity index (χ4v) is 3.97. The van der Waals surface area contributed by atoms with Gasteiger partial charge in [-0.05, 0) is 46.8 Å². The first-order valence-corrected chi connectivity index (χ1v) is 9.81. The Kier molecular flexibility index (Phi) is 4.57. The van der Waals surface area contributed by atoms with E-state index in [1.165, 1.54) is 17.1 Å². The van der Waals surface area contributed by atoms with Crippen LogP contribution in [0.4, 0.5) is 5.69 Å². The number of carbonyl (C=O) groups is 1. The zero-order chi connectivity index (χ0) is 19.6. The predicted molar refractivity (Wildman–Crippen MR) is 101 cm³/mol. The van der Waals surface area contributed by atoms with Crippen LogP contribution in [0.15, 0.2) is 64.7 Å². The average molecular weight is 397 g/mol. The van der Waals surface area contributed by atoms with E-state index in [1.807, 2.05) is 0 Å². The van der Waals surface area contributed by atoms with Gasteiger partial charge in [0.1, 0.15) is 12.2 Å². The molecule has 1 aliphatic heterocycles. The number of benzene rings is 2. The Hall–Kier alpha value is -3.60. The summed E-state index contributed by atoms with van der Waals surface area (Å²) in [6, 6.07) is 13.6. The van der Waals surface area contributed by atoms with E-state index in [9.17, 15) is 13.2 Å².